The van der Waals surface area contributed by atoms with Crippen molar-refractivity contribution in [3.8, 4) is 22.8 Å². The molecule has 7 nitrogen and oxygen atoms in total. The molecule has 1 N–H and O–H groups in total. The molecule has 0 aliphatic carbocycles. The Hall–Kier alpha value is -4.23. The molecule has 2 heterocycles. The lowest BCUT2D eigenvalue weighted by Crippen LogP contribution is -2.50. The normalized spacial score (nSPS) is 13.9. The fourth-order valence-corrected chi connectivity index (χ4v) is 4.66. The molecule has 0 spiro atoms. The van der Waals surface area contributed by atoms with Crippen LogP contribution < -0.4 is 5.32 Å². The van der Waals surface area contributed by atoms with Gasteiger partial charge in [-0.15, -0.1) is 0 Å². The van der Waals surface area contributed by atoms with E-state index in [4.69, 9.17) is 4.42 Å². The van der Waals surface area contributed by atoms with E-state index < -0.39 is 0 Å². The molecule has 2 amide bonds. The smallest absolute Gasteiger partial charge is 0.254 e. The summed E-state index contributed by atoms with van der Waals surface area (Å²) in [5, 5.41) is 3.05. The molecular formula is C30H30N4O3. The van der Waals surface area contributed by atoms with Crippen LogP contribution in [-0.2, 0) is 4.79 Å². The quantitative estimate of drug-likeness (QED) is 0.407. The number of piperazine rings is 1. The maximum atomic E-state index is 13.5. The molecule has 1 aromatic heterocycles. The number of aromatic nitrogens is 1. The van der Waals surface area contributed by atoms with Gasteiger partial charge < -0.3 is 14.6 Å². The first kappa shape index (κ1) is 24.5. The molecule has 1 fully saturated rings. The van der Waals surface area contributed by atoms with Gasteiger partial charge in [0.25, 0.3) is 5.91 Å². The molecule has 0 atom stereocenters. The number of rotatable bonds is 6. The molecule has 4 aromatic rings. The molecule has 3 aromatic carbocycles. The van der Waals surface area contributed by atoms with Gasteiger partial charge in [0.15, 0.2) is 5.76 Å². The third-order valence-corrected chi connectivity index (χ3v) is 6.72. The van der Waals surface area contributed by atoms with Gasteiger partial charge in [0.05, 0.1) is 18.3 Å². The standard InChI is InChI=1S/C30H30N4O3/c1-21-9-8-10-22(2)28(21)32-27(35)20-33-15-17-34(18-16-33)30(36)25-14-7-6-13-24(25)29-31-19-26(37-29)23-11-4-3-5-12-23/h3-14,19H,15-18,20H2,1-2H3,(H,32,35). The van der Waals surface area contributed by atoms with Crippen LogP contribution in [0.1, 0.15) is 21.5 Å². The van der Waals surface area contributed by atoms with Crippen LogP contribution in [0.5, 0.6) is 0 Å². The van der Waals surface area contributed by atoms with Crippen molar-refractivity contribution in [2.24, 2.45) is 0 Å². The Morgan fingerprint density at radius 1 is 0.865 bits per heavy atom. The van der Waals surface area contributed by atoms with Crippen LogP contribution in [0.4, 0.5) is 5.69 Å². The van der Waals surface area contributed by atoms with Crippen molar-refractivity contribution in [1.29, 1.82) is 0 Å². The summed E-state index contributed by atoms with van der Waals surface area (Å²) in [7, 11) is 0. The largest absolute Gasteiger partial charge is 0.436 e. The van der Waals surface area contributed by atoms with Gasteiger partial charge in [-0.2, -0.15) is 0 Å². The number of aryl methyl sites for hydroxylation is 2. The van der Waals surface area contributed by atoms with Crippen LogP contribution in [0.3, 0.4) is 0 Å². The number of carbonyl (C=O) groups excluding carboxylic acids is 2. The van der Waals surface area contributed by atoms with Crippen LogP contribution >= 0.6 is 0 Å². The highest BCUT2D eigenvalue weighted by atomic mass is 16.4. The van der Waals surface area contributed by atoms with E-state index in [1.165, 1.54) is 0 Å². The summed E-state index contributed by atoms with van der Waals surface area (Å²) >= 11 is 0. The number of nitrogens with one attached hydrogen (secondary N) is 1. The summed E-state index contributed by atoms with van der Waals surface area (Å²) < 4.78 is 6.03. The molecule has 0 unspecified atom stereocenters. The average Bonchev–Trinajstić information content (AvgIpc) is 3.42. The molecule has 0 bridgehead atoms. The van der Waals surface area contributed by atoms with Gasteiger partial charge in [-0.05, 0) is 37.1 Å². The van der Waals surface area contributed by atoms with E-state index in [1.54, 1.807) is 6.20 Å². The van der Waals surface area contributed by atoms with Crippen molar-refractivity contribution < 1.29 is 14.0 Å². The van der Waals surface area contributed by atoms with Gasteiger partial charge >= 0.3 is 0 Å². The Bertz CT molecular complexity index is 1390. The summed E-state index contributed by atoms with van der Waals surface area (Å²) in [6, 6.07) is 23.1. The zero-order chi connectivity index (χ0) is 25.8. The minimum atomic E-state index is -0.0605. The Morgan fingerprint density at radius 3 is 2.27 bits per heavy atom. The number of hydrogen-bond donors (Lipinski definition) is 1. The second-order valence-corrected chi connectivity index (χ2v) is 9.32. The van der Waals surface area contributed by atoms with Crippen LogP contribution in [0.15, 0.2) is 83.4 Å². The molecule has 37 heavy (non-hydrogen) atoms. The Morgan fingerprint density at radius 2 is 1.54 bits per heavy atom. The molecule has 0 saturated carbocycles. The first-order chi connectivity index (χ1) is 18.0. The molecule has 1 aliphatic heterocycles. The highest BCUT2D eigenvalue weighted by molar-refractivity contribution is 6.00. The Kier molecular flexibility index (Phi) is 7.14. The lowest BCUT2D eigenvalue weighted by Gasteiger charge is -2.34. The molecule has 7 heteroatoms. The van der Waals surface area contributed by atoms with Crippen molar-refractivity contribution in [1.82, 2.24) is 14.8 Å². The Balaban J connectivity index is 1.22. The molecule has 0 radical (unpaired) electrons. The fraction of sp³-hybridized carbons (Fsp3) is 0.233. The molecule has 5 rings (SSSR count). The van der Waals surface area contributed by atoms with Crippen molar-refractivity contribution >= 4 is 17.5 Å². The van der Waals surface area contributed by atoms with E-state index in [9.17, 15) is 9.59 Å². The van der Waals surface area contributed by atoms with Crippen LogP contribution in [-0.4, -0.2) is 59.3 Å². The van der Waals surface area contributed by atoms with Gasteiger partial charge in [0, 0.05) is 43.0 Å². The second kappa shape index (κ2) is 10.8. The maximum Gasteiger partial charge on any atom is 0.254 e. The number of nitrogens with zero attached hydrogens (tertiary/aromatic N) is 3. The third kappa shape index (κ3) is 5.47. The summed E-state index contributed by atoms with van der Waals surface area (Å²) in [4.78, 5) is 34.5. The molecular weight excluding hydrogens is 464 g/mol. The number of oxazole rings is 1. The van der Waals surface area contributed by atoms with E-state index in [2.05, 4.69) is 15.2 Å². The minimum absolute atomic E-state index is 0.0411. The van der Waals surface area contributed by atoms with Gasteiger partial charge in [0.1, 0.15) is 0 Å². The van der Waals surface area contributed by atoms with Gasteiger partial charge in [0.2, 0.25) is 11.8 Å². The van der Waals surface area contributed by atoms with E-state index >= 15 is 0 Å². The van der Waals surface area contributed by atoms with Gasteiger partial charge in [-0.25, -0.2) is 4.98 Å². The van der Waals surface area contributed by atoms with Crippen molar-refractivity contribution in [2.45, 2.75) is 13.8 Å². The van der Waals surface area contributed by atoms with Gasteiger partial charge in [-0.1, -0.05) is 60.7 Å². The maximum absolute atomic E-state index is 13.5. The Labute approximate surface area is 216 Å². The number of benzene rings is 3. The van der Waals surface area contributed by atoms with Crippen LogP contribution in [0, 0.1) is 13.8 Å². The van der Waals surface area contributed by atoms with E-state index in [0.717, 1.165) is 22.4 Å². The SMILES string of the molecule is Cc1cccc(C)c1NC(=O)CN1CCN(C(=O)c2ccccc2-c2ncc(-c3ccccc3)o2)CC1. The first-order valence-corrected chi connectivity index (χ1v) is 12.5. The van der Waals surface area contributed by atoms with E-state index in [-0.39, 0.29) is 11.8 Å². The lowest BCUT2D eigenvalue weighted by molar-refractivity contribution is -0.117. The molecule has 1 saturated heterocycles. The predicted octanol–water partition coefficient (Wildman–Crippen LogP) is 5.02. The number of carbonyl (C=O) groups is 2. The number of anilines is 1. The van der Waals surface area contributed by atoms with Crippen LogP contribution in [0.2, 0.25) is 0 Å². The molecule has 188 valence electrons. The average molecular weight is 495 g/mol. The first-order valence-electron chi connectivity index (χ1n) is 12.5. The summed E-state index contributed by atoms with van der Waals surface area (Å²) in [5.41, 5.74) is 5.13. The monoisotopic (exact) mass is 494 g/mol. The summed E-state index contributed by atoms with van der Waals surface area (Å²) in [6.07, 6.45) is 1.69. The summed E-state index contributed by atoms with van der Waals surface area (Å²) in [6.45, 7) is 6.63. The van der Waals surface area contributed by atoms with Crippen molar-refractivity contribution in [3.63, 3.8) is 0 Å². The highest BCUT2D eigenvalue weighted by Crippen LogP contribution is 2.29. The van der Waals surface area contributed by atoms with Crippen molar-refractivity contribution in [3.05, 3.63) is 95.7 Å². The zero-order valence-electron chi connectivity index (χ0n) is 21.1. The minimum Gasteiger partial charge on any atom is -0.436 e. The second-order valence-electron chi connectivity index (χ2n) is 9.32. The fourth-order valence-electron chi connectivity index (χ4n) is 4.66. The third-order valence-electron chi connectivity index (χ3n) is 6.72. The number of hydrogen-bond acceptors (Lipinski definition) is 5. The van der Waals surface area contributed by atoms with Gasteiger partial charge in [-0.3, -0.25) is 14.5 Å². The van der Waals surface area contributed by atoms with E-state index in [1.807, 2.05) is 91.5 Å². The van der Waals surface area contributed by atoms with E-state index in [0.29, 0.717) is 55.5 Å². The number of amides is 2. The highest BCUT2D eigenvalue weighted by Gasteiger charge is 2.26. The zero-order valence-corrected chi connectivity index (χ0v) is 21.1. The predicted molar refractivity (Wildman–Crippen MR) is 144 cm³/mol. The lowest BCUT2D eigenvalue weighted by atomic mass is 10.1. The van der Waals surface area contributed by atoms with Crippen LogP contribution in [0.25, 0.3) is 22.8 Å². The molecule has 1 aliphatic rings. The topological polar surface area (TPSA) is 78.7 Å². The summed E-state index contributed by atoms with van der Waals surface area (Å²) in [5.74, 6) is 0.977. The van der Waals surface area contributed by atoms with Crippen molar-refractivity contribution in [2.75, 3.05) is 38.0 Å². The number of para-hydroxylation sites is 1.